The van der Waals surface area contributed by atoms with Gasteiger partial charge in [-0.25, -0.2) is 0 Å². The Bertz CT molecular complexity index is 157. The second-order valence-corrected chi connectivity index (χ2v) is 5.80. The summed E-state index contributed by atoms with van der Waals surface area (Å²) in [5.74, 6) is 0. The normalized spacial score (nSPS) is 13.2. The standard InChI is InChI=1S/C16H36N2/c1-5-7-9-10-11-13-16(12-8-6-2)17-14-15-18(3)4/h16-17H,5-15H2,1-4H3. The van der Waals surface area contributed by atoms with Crippen LogP contribution in [-0.4, -0.2) is 38.1 Å². The second-order valence-electron chi connectivity index (χ2n) is 5.80. The lowest BCUT2D eigenvalue weighted by atomic mass is 10.0. The molecule has 1 N–H and O–H groups in total. The van der Waals surface area contributed by atoms with Crippen LogP contribution < -0.4 is 5.32 Å². The number of unbranched alkanes of at least 4 members (excludes halogenated alkanes) is 5. The quantitative estimate of drug-likeness (QED) is 0.500. The first-order chi connectivity index (χ1) is 8.70. The van der Waals surface area contributed by atoms with E-state index in [0.29, 0.717) is 0 Å². The molecular weight excluding hydrogens is 220 g/mol. The average molecular weight is 256 g/mol. The van der Waals surface area contributed by atoms with E-state index in [1.807, 2.05) is 0 Å². The summed E-state index contributed by atoms with van der Waals surface area (Å²) < 4.78 is 0. The smallest absolute Gasteiger partial charge is 0.0101 e. The van der Waals surface area contributed by atoms with Crippen molar-refractivity contribution >= 4 is 0 Å². The van der Waals surface area contributed by atoms with Gasteiger partial charge in [0, 0.05) is 19.1 Å². The fourth-order valence-corrected chi connectivity index (χ4v) is 2.29. The highest BCUT2D eigenvalue weighted by atomic mass is 15.1. The van der Waals surface area contributed by atoms with E-state index in [4.69, 9.17) is 0 Å². The van der Waals surface area contributed by atoms with Crippen molar-refractivity contribution in [2.24, 2.45) is 0 Å². The van der Waals surface area contributed by atoms with Gasteiger partial charge in [-0.1, -0.05) is 58.8 Å². The van der Waals surface area contributed by atoms with Gasteiger partial charge in [-0.05, 0) is 26.9 Å². The molecule has 0 aliphatic carbocycles. The van der Waals surface area contributed by atoms with Crippen molar-refractivity contribution < 1.29 is 0 Å². The number of rotatable bonds is 13. The summed E-state index contributed by atoms with van der Waals surface area (Å²) in [6, 6.07) is 0.756. The summed E-state index contributed by atoms with van der Waals surface area (Å²) in [6.07, 6.45) is 12.4. The van der Waals surface area contributed by atoms with Crippen LogP contribution in [0.4, 0.5) is 0 Å². The third-order valence-electron chi connectivity index (χ3n) is 3.55. The van der Waals surface area contributed by atoms with Crippen LogP contribution in [-0.2, 0) is 0 Å². The van der Waals surface area contributed by atoms with Crippen molar-refractivity contribution in [1.82, 2.24) is 10.2 Å². The third kappa shape index (κ3) is 12.4. The summed E-state index contributed by atoms with van der Waals surface area (Å²) in [4.78, 5) is 2.26. The molecule has 0 heterocycles. The summed E-state index contributed by atoms with van der Waals surface area (Å²) >= 11 is 0. The van der Waals surface area contributed by atoms with Crippen molar-refractivity contribution in [1.29, 1.82) is 0 Å². The lowest BCUT2D eigenvalue weighted by molar-refractivity contribution is 0.361. The van der Waals surface area contributed by atoms with Crippen molar-refractivity contribution in [3.63, 3.8) is 0 Å². The molecular formula is C16H36N2. The molecule has 2 nitrogen and oxygen atoms in total. The van der Waals surface area contributed by atoms with E-state index < -0.39 is 0 Å². The minimum atomic E-state index is 0.756. The highest BCUT2D eigenvalue weighted by molar-refractivity contribution is 4.67. The van der Waals surface area contributed by atoms with Gasteiger partial charge in [0.1, 0.15) is 0 Å². The SMILES string of the molecule is CCCCCCCC(CCCC)NCCN(C)C. The van der Waals surface area contributed by atoms with Crippen LogP contribution in [0.3, 0.4) is 0 Å². The van der Waals surface area contributed by atoms with Crippen LogP contribution in [0.2, 0.25) is 0 Å². The van der Waals surface area contributed by atoms with Gasteiger partial charge in [-0.15, -0.1) is 0 Å². The predicted octanol–water partition coefficient (Wildman–Crippen LogP) is 4.06. The van der Waals surface area contributed by atoms with Crippen LogP contribution in [0.5, 0.6) is 0 Å². The molecule has 2 heteroatoms. The van der Waals surface area contributed by atoms with E-state index in [1.54, 1.807) is 0 Å². The van der Waals surface area contributed by atoms with Gasteiger partial charge < -0.3 is 10.2 Å². The lowest BCUT2D eigenvalue weighted by Gasteiger charge is -2.20. The average Bonchev–Trinajstić information content (AvgIpc) is 2.34. The van der Waals surface area contributed by atoms with Gasteiger partial charge in [0.25, 0.3) is 0 Å². The largest absolute Gasteiger partial charge is 0.313 e. The Balaban J connectivity index is 3.62. The van der Waals surface area contributed by atoms with Crippen LogP contribution in [0.15, 0.2) is 0 Å². The minimum Gasteiger partial charge on any atom is -0.313 e. The molecule has 0 saturated heterocycles. The molecule has 0 aliphatic rings. The molecule has 18 heavy (non-hydrogen) atoms. The number of hydrogen-bond acceptors (Lipinski definition) is 2. The first-order valence-corrected chi connectivity index (χ1v) is 8.08. The topological polar surface area (TPSA) is 15.3 Å². The second kappa shape index (κ2) is 13.4. The molecule has 0 aromatic rings. The summed E-state index contributed by atoms with van der Waals surface area (Å²) in [6.45, 7) is 6.86. The van der Waals surface area contributed by atoms with Crippen molar-refractivity contribution in [2.75, 3.05) is 27.2 Å². The van der Waals surface area contributed by atoms with E-state index in [1.165, 1.54) is 57.8 Å². The molecule has 0 rings (SSSR count). The maximum Gasteiger partial charge on any atom is 0.0101 e. The van der Waals surface area contributed by atoms with Crippen LogP contribution in [0.25, 0.3) is 0 Å². The summed E-state index contributed by atoms with van der Waals surface area (Å²) in [5.41, 5.74) is 0. The number of likely N-dealkylation sites (N-methyl/N-ethyl adjacent to an activating group) is 1. The van der Waals surface area contributed by atoms with Crippen LogP contribution >= 0.6 is 0 Å². The van der Waals surface area contributed by atoms with Gasteiger partial charge in [-0.2, -0.15) is 0 Å². The zero-order chi connectivity index (χ0) is 13.6. The Labute approximate surface area is 116 Å². The fourth-order valence-electron chi connectivity index (χ4n) is 2.29. The molecule has 1 unspecified atom stereocenters. The molecule has 0 aromatic carbocycles. The van der Waals surface area contributed by atoms with E-state index >= 15 is 0 Å². The molecule has 0 radical (unpaired) electrons. The first kappa shape index (κ1) is 17.9. The zero-order valence-electron chi connectivity index (χ0n) is 13.3. The van der Waals surface area contributed by atoms with Gasteiger partial charge in [0.05, 0.1) is 0 Å². The number of nitrogens with one attached hydrogen (secondary N) is 1. The van der Waals surface area contributed by atoms with Gasteiger partial charge >= 0.3 is 0 Å². The lowest BCUT2D eigenvalue weighted by Crippen LogP contribution is -2.34. The van der Waals surface area contributed by atoms with Gasteiger partial charge in [0.2, 0.25) is 0 Å². The van der Waals surface area contributed by atoms with Crippen molar-refractivity contribution in [3.8, 4) is 0 Å². The van der Waals surface area contributed by atoms with E-state index in [0.717, 1.165) is 19.1 Å². The molecule has 0 fully saturated rings. The molecule has 110 valence electrons. The summed E-state index contributed by atoms with van der Waals surface area (Å²) in [7, 11) is 4.29. The Hall–Kier alpha value is -0.0800. The minimum absolute atomic E-state index is 0.756. The molecule has 0 bridgehead atoms. The monoisotopic (exact) mass is 256 g/mol. The molecule has 0 aromatic heterocycles. The van der Waals surface area contributed by atoms with E-state index in [2.05, 4.69) is 38.2 Å². The van der Waals surface area contributed by atoms with Crippen LogP contribution in [0, 0.1) is 0 Å². The molecule has 0 amide bonds. The fraction of sp³-hybridized carbons (Fsp3) is 1.00. The third-order valence-corrected chi connectivity index (χ3v) is 3.55. The highest BCUT2D eigenvalue weighted by Crippen LogP contribution is 2.11. The summed E-state index contributed by atoms with van der Waals surface area (Å²) in [5, 5.41) is 3.74. The molecule has 0 spiro atoms. The number of nitrogens with zero attached hydrogens (tertiary/aromatic N) is 1. The zero-order valence-corrected chi connectivity index (χ0v) is 13.3. The van der Waals surface area contributed by atoms with E-state index in [-0.39, 0.29) is 0 Å². The Kier molecular flexibility index (Phi) is 13.3. The Morgan fingerprint density at radius 1 is 0.833 bits per heavy atom. The molecule has 0 saturated carbocycles. The van der Waals surface area contributed by atoms with Gasteiger partial charge in [0.15, 0.2) is 0 Å². The Morgan fingerprint density at radius 3 is 2.06 bits per heavy atom. The predicted molar refractivity (Wildman–Crippen MR) is 83.2 cm³/mol. The van der Waals surface area contributed by atoms with E-state index in [9.17, 15) is 0 Å². The number of hydrogen-bond donors (Lipinski definition) is 1. The molecule has 1 atom stereocenters. The Morgan fingerprint density at radius 2 is 1.44 bits per heavy atom. The highest BCUT2D eigenvalue weighted by Gasteiger charge is 2.07. The maximum atomic E-state index is 3.74. The first-order valence-electron chi connectivity index (χ1n) is 8.08. The maximum absolute atomic E-state index is 3.74. The van der Waals surface area contributed by atoms with Crippen molar-refractivity contribution in [2.45, 2.75) is 77.7 Å². The van der Waals surface area contributed by atoms with Crippen LogP contribution in [0.1, 0.15) is 71.6 Å². The molecule has 0 aliphatic heterocycles. The van der Waals surface area contributed by atoms with Crippen molar-refractivity contribution in [3.05, 3.63) is 0 Å². The van der Waals surface area contributed by atoms with Gasteiger partial charge in [-0.3, -0.25) is 0 Å².